The van der Waals surface area contributed by atoms with Crippen LogP contribution < -0.4 is 4.74 Å². The van der Waals surface area contributed by atoms with E-state index in [1.54, 1.807) is 0 Å². The van der Waals surface area contributed by atoms with Gasteiger partial charge < -0.3 is 4.74 Å². The molecule has 0 amide bonds. The van der Waals surface area contributed by atoms with Crippen LogP contribution in [0.1, 0.15) is 5.56 Å². The first kappa shape index (κ1) is 12.0. The highest BCUT2D eigenvalue weighted by Gasteiger charge is 2.11. The average molecular weight is 299 g/mol. The highest BCUT2D eigenvalue weighted by Crippen LogP contribution is 2.25. The van der Waals surface area contributed by atoms with E-state index in [-0.39, 0.29) is 12.4 Å². The molecule has 0 fully saturated rings. The van der Waals surface area contributed by atoms with Crippen molar-refractivity contribution in [1.82, 2.24) is 0 Å². The van der Waals surface area contributed by atoms with Crippen LogP contribution in [0.25, 0.3) is 0 Å². The number of hydrogen-bond acceptors (Lipinski definition) is 1. The molecule has 2 rings (SSSR count). The smallest absolute Gasteiger partial charge is 0.200 e. The van der Waals surface area contributed by atoms with Gasteiger partial charge in [0.25, 0.3) is 0 Å². The summed E-state index contributed by atoms with van der Waals surface area (Å²) in [6.07, 6.45) is 0. The molecule has 2 aromatic rings. The fourth-order valence-corrected chi connectivity index (χ4v) is 1.78. The molecule has 0 aliphatic carbocycles. The zero-order valence-electron chi connectivity index (χ0n) is 8.79. The van der Waals surface area contributed by atoms with Gasteiger partial charge in [-0.2, -0.15) is 4.39 Å². The predicted octanol–water partition coefficient (Wildman–Crippen LogP) is 4.31. The molecular weight excluding hydrogens is 290 g/mol. The predicted molar refractivity (Wildman–Crippen MR) is 64.8 cm³/mol. The third-order valence-electron chi connectivity index (χ3n) is 2.20. The zero-order chi connectivity index (χ0) is 12.3. The summed E-state index contributed by atoms with van der Waals surface area (Å²) in [6.45, 7) is 0.202. The molecule has 0 heterocycles. The number of halogens is 3. The second-order valence-electron chi connectivity index (χ2n) is 3.47. The molecule has 0 unspecified atom stereocenters. The molecule has 0 bridgehead atoms. The Kier molecular flexibility index (Phi) is 3.74. The van der Waals surface area contributed by atoms with Crippen LogP contribution in [0.4, 0.5) is 8.78 Å². The number of ether oxygens (including phenoxy) is 1. The van der Waals surface area contributed by atoms with Gasteiger partial charge in [0.15, 0.2) is 11.6 Å². The summed E-state index contributed by atoms with van der Waals surface area (Å²) in [6, 6.07) is 11.8. The van der Waals surface area contributed by atoms with E-state index in [0.717, 1.165) is 11.6 Å². The van der Waals surface area contributed by atoms with Gasteiger partial charge in [-0.1, -0.05) is 46.3 Å². The zero-order valence-corrected chi connectivity index (χ0v) is 10.4. The van der Waals surface area contributed by atoms with Crippen molar-refractivity contribution in [2.75, 3.05) is 0 Å². The van der Waals surface area contributed by atoms with E-state index < -0.39 is 11.6 Å². The Labute approximate surface area is 106 Å². The van der Waals surface area contributed by atoms with Crippen molar-refractivity contribution in [2.45, 2.75) is 6.61 Å². The molecule has 0 radical (unpaired) electrons. The summed E-state index contributed by atoms with van der Waals surface area (Å²) in [5, 5.41) is 0. The lowest BCUT2D eigenvalue weighted by Crippen LogP contribution is -1.99. The summed E-state index contributed by atoms with van der Waals surface area (Å²) in [5.74, 6) is -1.99. The van der Waals surface area contributed by atoms with Gasteiger partial charge >= 0.3 is 0 Å². The fraction of sp³-hybridized carbons (Fsp3) is 0.0769. The van der Waals surface area contributed by atoms with E-state index in [1.165, 1.54) is 6.07 Å². The van der Waals surface area contributed by atoms with Crippen LogP contribution in [0, 0.1) is 11.6 Å². The van der Waals surface area contributed by atoms with Gasteiger partial charge in [0.2, 0.25) is 5.82 Å². The molecule has 0 N–H and O–H groups in total. The molecule has 0 saturated heterocycles. The van der Waals surface area contributed by atoms with Crippen molar-refractivity contribution < 1.29 is 13.5 Å². The lowest BCUT2D eigenvalue weighted by molar-refractivity contribution is 0.284. The summed E-state index contributed by atoms with van der Waals surface area (Å²) in [5.41, 5.74) is 0.896. The molecule has 4 heteroatoms. The maximum Gasteiger partial charge on any atom is 0.200 e. The van der Waals surface area contributed by atoms with E-state index >= 15 is 0 Å². The summed E-state index contributed by atoms with van der Waals surface area (Å²) < 4.78 is 32.1. The summed E-state index contributed by atoms with van der Waals surface area (Å²) in [4.78, 5) is 0. The minimum absolute atomic E-state index is 0.0965. The molecule has 2 aromatic carbocycles. The van der Waals surface area contributed by atoms with E-state index in [9.17, 15) is 8.78 Å². The maximum atomic E-state index is 13.4. The van der Waals surface area contributed by atoms with Crippen LogP contribution in [0.3, 0.4) is 0 Å². The van der Waals surface area contributed by atoms with Crippen LogP contribution in [0.15, 0.2) is 46.9 Å². The lowest BCUT2D eigenvalue weighted by Gasteiger charge is -2.08. The molecule has 0 aliphatic rings. The average Bonchev–Trinajstić information content (AvgIpc) is 2.33. The Balaban J connectivity index is 2.14. The van der Waals surface area contributed by atoms with Crippen molar-refractivity contribution in [2.24, 2.45) is 0 Å². The van der Waals surface area contributed by atoms with Crippen LogP contribution >= 0.6 is 15.9 Å². The number of hydrogen-bond donors (Lipinski definition) is 0. The Morgan fingerprint density at radius 3 is 2.47 bits per heavy atom. The first-order valence-corrected chi connectivity index (χ1v) is 5.77. The lowest BCUT2D eigenvalue weighted by atomic mass is 10.2. The van der Waals surface area contributed by atoms with Crippen molar-refractivity contribution in [3.05, 3.63) is 64.1 Å². The number of benzene rings is 2. The Bertz CT molecular complexity index is 514. The molecule has 0 atom stereocenters. The third-order valence-corrected chi connectivity index (χ3v) is 2.65. The van der Waals surface area contributed by atoms with Gasteiger partial charge in [-0.3, -0.25) is 0 Å². The first-order valence-electron chi connectivity index (χ1n) is 4.98. The molecule has 0 aliphatic heterocycles. The second-order valence-corrected chi connectivity index (χ2v) is 4.39. The molecule has 0 spiro atoms. The van der Waals surface area contributed by atoms with Gasteiger partial charge in [-0.15, -0.1) is 0 Å². The SMILES string of the molecule is Fc1cc(Br)cc(OCc2ccccc2)c1F. The first-order chi connectivity index (χ1) is 8.16. The topological polar surface area (TPSA) is 9.23 Å². The molecule has 88 valence electrons. The molecule has 0 aromatic heterocycles. The van der Waals surface area contributed by atoms with E-state index in [0.29, 0.717) is 4.47 Å². The van der Waals surface area contributed by atoms with E-state index in [2.05, 4.69) is 15.9 Å². The molecule has 0 saturated carbocycles. The normalized spacial score (nSPS) is 10.3. The Morgan fingerprint density at radius 1 is 1.06 bits per heavy atom. The highest BCUT2D eigenvalue weighted by molar-refractivity contribution is 9.10. The Hall–Kier alpha value is -1.42. The summed E-state index contributed by atoms with van der Waals surface area (Å²) >= 11 is 3.09. The minimum Gasteiger partial charge on any atom is -0.486 e. The van der Waals surface area contributed by atoms with Crippen LogP contribution in [-0.2, 0) is 6.61 Å². The van der Waals surface area contributed by atoms with Crippen molar-refractivity contribution in [3.8, 4) is 5.75 Å². The molecule has 1 nitrogen and oxygen atoms in total. The van der Waals surface area contributed by atoms with Crippen LogP contribution in [-0.4, -0.2) is 0 Å². The van der Waals surface area contributed by atoms with Gasteiger partial charge in [-0.25, -0.2) is 4.39 Å². The molecule has 17 heavy (non-hydrogen) atoms. The van der Waals surface area contributed by atoms with Gasteiger partial charge in [0, 0.05) is 4.47 Å². The minimum atomic E-state index is -0.968. The van der Waals surface area contributed by atoms with Gasteiger partial charge in [0.1, 0.15) is 6.61 Å². The maximum absolute atomic E-state index is 13.4. The largest absolute Gasteiger partial charge is 0.486 e. The standard InChI is InChI=1S/C13H9BrF2O/c14-10-6-11(15)13(16)12(7-10)17-8-9-4-2-1-3-5-9/h1-7H,8H2. The van der Waals surface area contributed by atoms with E-state index in [1.807, 2.05) is 30.3 Å². The Morgan fingerprint density at radius 2 is 1.76 bits per heavy atom. The summed E-state index contributed by atoms with van der Waals surface area (Å²) in [7, 11) is 0. The second kappa shape index (κ2) is 5.27. The van der Waals surface area contributed by atoms with E-state index in [4.69, 9.17) is 4.74 Å². The van der Waals surface area contributed by atoms with Crippen LogP contribution in [0.5, 0.6) is 5.75 Å². The van der Waals surface area contributed by atoms with Gasteiger partial charge in [-0.05, 0) is 17.7 Å². The van der Waals surface area contributed by atoms with Crippen molar-refractivity contribution >= 4 is 15.9 Å². The highest BCUT2D eigenvalue weighted by atomic mass is 79.9. The van der Waals surface area contributed by atoms with Crippen molar-refractivity contribution in [3.63, 3.8) is 0 Å². The van der Waals surface area contributed by atoms with Crippen molar-refractivity contribution in [1.29, 1.82) is 0 Å². The van der Waals surface area contributed by atoms with Crippen LogP contribution in [0.2, 0.25) is 0 Å². The third kappa shape index (κ3) is 3.03. The fourth-order valence-electron chi connectivity index (χ4n) is 1.37. The number of rotatable bonds is 3. The quantitative estimate of drug-likeness (QED) is 0.768. The molecular formula is C13H9BrF2O. The van der Waals surface area contributed by atoms with Gasteiger partial charge in [0.05, 0.1) is 0 Å². The monoisotopic (exact) mass is 298 g/mol.